The molecule has 0 radical (unpaired) electrons. The highest BCUT2D eigenvalue weighted by atomic mass is 16.5. The number of methoxy groups -OCH3 is 2. The van der Waals surface area contributed by atoms with E-state index >= 15 is 0 Å². The zero-order chi connectivity index (χ0) is 18.6. The van der Waals surface area contributed by atoms with Gasteiger partial charge in [0.1, 0.15) is 11.5 Å². The van der Waals surface area contributed by atoms with Crippen LogP contribution in [0, 0.1) is 0 Å². The molecule has 0 saturated heterocycles. The van der Waals surface area contributed by atoms with Crippen LogP contribution in [0.1, 0.15) is 55.5 Å². The molecule has 0 heterocycles. The van der Waals surface area contributed by atoms with Crippen molar-refractivity contribution in [1.82, 2.24) is 0 Å². The van der Waals surface area contributed by atoms with Crippen LogP contribution in [0.2, 0.25) is 0 Å². The van der Waals surface area contributed by atoms with Crippen molar-refractivity contribution in [2.75, 3.05) is 14.2 Å². The number of hydrogen-bond donors (Lipinski definition) is 1. The van der Waals surface area contributed by atoms with Gasteiger partial charge < -0.3 is 14.6 Å². The fourth-order valence-electron chi connectivity index (χ4n) is 4.02. The molecule has 0 spiro atoms. The second kappa shape index (κ2) is 5.81. The molecule has 2 aliphatic rings. The van der Waals surface area contributed by atoms with Crippen molar-refractivity contribution >= 4 is 11.6 Å². The second-order valence-corrected chi connectivity index (χ2v) is 6.56. The number of ketones is 2. The Balaban J connectivity index is 2.14. The van der Waals surface area contributed by atoms with Gasteiger partial charge in [0.05, 0.1) is 31.5 Å². The summed E-state index contributed by atoms with van der Waals surface area (Å²) in [5.41, 5.74) is 3.05. The van der Waals surface area contributed by atoms with Crippen LogP contribution in [0.3, 0.4) is 0 Å². The molecule has 0 aliphatic heterocycles. The Labute approximate surface area is 150 Å². The lowest BCUT2D eigenvalue weighted by molar-refractivity contribution is 0.0971. The van der Waals surface area contributed by atoms with Crippen molar-refractivity contribution in [3.8, 4) is 11.5 Å². The Morgan fingerprint density at radius 2 is 1.54 bits per heavy atom. The van der Waals surface area contributed by atoms with Gasteiger partial charge in [-0.15, -0.1) is 0 Å². The number of hydrogen-bond acceptors (Lipinski definition) is 5. The predicted octanol–water partition coefficient (Wildman–Crippen LogP) is 3.02. The van der Waals surface area contributed by atoms with E-state index in [4.69, 9.17) is 9.47 Å². The molecule has 0 fully saturated rings. The summed E-state index contributed by atoms with van der Waals surface area (Å²) in [6.45, 7) is 3.97. The van der Waals surface area contributed by atoms with E-state index in [0.717, 1.165) is 5.57 Å². The zero-order valence-electron chi connectivity index (χ0n) is 14.6. The lowest BCUT2D eigenvalue weighted by Crippen LogP contribution is -2.26. The Morgan fingerprint density at radius 3 is 2.08 bits per heavy atom. The van der Waals surface area contributed by atoms with Crippen molar-refractivity contribution < 1.29 is 24.2 Å². The van der Waals surface area contributed by atoms with E-state index in [1.807, 2.05) is 0 Å². The summed E-state index contributed by atoms with van der Waals surface area (Å²) >= 11 is 0. The number of aliphatic hydroxyl groups excluding tert-OH is 1. The number of carbonyl (C=O) groups is 2. The van der Waals surface area contributed by atoms with E-state index in [1.54, 1.807) is 24.3 Å². The largest absolute Gasteiger partial charge is 0.496 e. The lowest BCUT2D eigenvalue weighted by atomic mass is 9.76. The van der Waals surface area contributed by atoms with Gasteiger partial charge in [-0.2, -0.15) is 0 Å². The van der Waals surface area contributed by atoms with Crippen LogP contribution in [0.15, 0.2) is 36.4 Å². The molecule has 2 aromatic carbocycles. The maximum absolute atomic E-state index is 13.2. The molecule has 0 amide bonds. The summed E-state index contributed by atoms with van der Waals surface area (Å²) in [5.74, 6) is -0.00391. The molecule has 2 aliphatic carbocycles. The molecular formula is C21H18O5. The molecule has 0 unspecified atom stereocenters. The number of ether oxygens (including phenoxy) is 2. The maximum Gasteiger partial charge on any atom is 0.198 e. The Bertz CT molecular complexity index is 986. The summed E-state index contributed by atoms with van der Waals surface area (Å²) < 4.78 is 11.1. The molecule has 1 N–H and O–H groups in total. The summed E-state index contributed by atoms with van der Waals surface area (Å²) in [6, 6.07) is 6.71. The lowest BCUT2D eigenvalue weighted by Gasteiger charge is -2.31. The number of aliphatic hydroxyl groups is 1. The van der Waals surface area contributed by atoms with Gasteiger partial charge in [0.15, 0.2) is 11.6 Å². The van der Waals surface area contributed by atoms with Gasteiger partial charge in [0.2, 0.25) is 0 Å². The van der Waals surface area contributed by atoms with Crippen LogP contribution in [-0.2, 0) is 6.42 Å². The van der Waals surface area contributed by atoms with E-state index in [2.05, 4.69) is 6.58 Å². The third kappa shape index (κ3) is 2.07. The van der Waals surface area contributed by atoms with E-state index in [1.165, 1.54) is 14.2 Å². The molecule has 0 bridgehead atoms. The summed E-state index contributed by atoms with van der Waals surface area (Å²) in [7, 11) is 2.90. The van der Waals surface area contributed by atoms with E-state index in [-0.39, 0.29) is 28.4 Å². The monoisotopic (exact) mass is 350 g/mol. The molecule has 1 atom stereocenters. The first-order valence-electron chi connectivity index (χ1n) is 8.33. The molecule has 26 heavy (non-hydrogen) atoms. The highest BCUT2D eigenvalue weighted by Gasteiger charge is 2.40. The number of benzene rings is 2. The fourth-order valence-corrected chi connectivity index (χ4v) is 4.02. The van der Waals surface area contributed by atoms with Crippen LogP contribution in [0.4, 0.5) is 0 Å². The van der Waals surface area contributed by atoms with Crippen LogP contribution < -0.4 is 9.47 Å². The Hall–Kier alpha value is -2.92. The van der Waals surface area contributed by atoms with Gasteiger partial charge >= 0.3 is 0 Å². The minimum absolute atomic E-state index is 0.165. The van der Waals surface area contributed by atoms with Crippen molar-refractivity contribution in [3.05, 3.63) is 69.8 Å². The first-order valence-corrected chi connectivity index (χ1v) is 8.33. The maximum atomic E-state index is 13.2. The third-order valence-corrected chi connectivity index (χ3v) is 5.07. The van der Waals surface area contributed by atoms with Gasteiger partial charge in [-0.05, 0) is 12.8 Å². The highest BCUT2D eigenvalue weighted by molar-refractivity contribution is 6.30. The number of rotatable bonds is 2. The summed E-state index contributed by atoms with van der Waals surface area (Å²) in [5, 5.41) is 10.6. The van der Waals surface area contributed by atoms with Crippen LogP contribution in [-0.4, -0.2) is 30.9 Å². The minimum Gasteiger partial charge on any atom is -0.496 e. The van der Waals surface area contributed by atoms with Crippen molar-refractivity contribution in [1.29, 1.82) is 0 Å². The molecule has 4 rings (SSSR count). The smallest absolute Gasteiger partial charge is 0.198 e. The average Bonchev–Trinajstić information content (AvgIpc) is 2.64. The molecule has 5 nitrogen and oxygen atoms in total. The summed E-state index contributed by atoms with van der Waals surface area (Å²) in [6.07, 6.45) is -0.0210. The van der Waals surface area contributed by atoms with Crippen molar-refractivity contribution in [3.63, 3.8) is 0 Å². The predicted molar refractivity (Wildman–Crippen MR) is 95.3 cm³/mol. The van der Waals surface area contributed by atoms with Crippen molar-refractivity contribution in [2.45, 2.75) is 18.9 Å². The van der Waals surface area contributed by atoms with Gasteiger partial charge in [0, 0.05) is 22.3 Å². The van der Waals surface area contributed by atoms with Gasteiger partial charge in [-0.25, -0.2) is 0 Å². The Kier molecular flexibility index (Phi) is 3.70. The molecule has 2 aromatic rings. The van der Waals surface area contributed by atoms with Crippen LogP contribution in [0.5, 0.6) is 11.5 Å². The fraction of sp³-hybridized carbons (Fsp3) is 0.238. The molecular weight excluding hydrogens is 332 g/mol. The molecule has 5 heteroatoms. The second-order valence-electron chi connectivity index (χ2n) is 6.56. The highest BCUT2D eigenvalue weighted by Crippen LogP contribution is 2.49. The van der Waals surface area contributed by atoms with Gasteiger partial charge in [-0.1, -0.05) is 36.4 Å². The molecule has 0 aromatic heterocycles. The third-order valence-electron chi connectivity index (χ3n) is 5.07. The normalized spacial score (nSPS) is 18.1. The minimum atomic E-state index is -0.861. The first kappa shape index (κ1) is 16.5. The first-order chi connectivity index (χ1) is 12.5. The Morgan fingerprint density at radius 1 is 1.00 bits per heavy atom. The molecule has 0 saturated carbocycles. The SMILES string of the molecule is C=C1Cc2c(OC)c3c(c(OC)c2[C@@H](O)C1)C(=O)c1ccccc1C3=O. The van der Waals surface area contributed by atoms with Crippen molar-refractivity contribution in [2.24, 2.45) is 0 Å². The van der Waals surface area contributed by atoms with Gasteiger partial charge in [-0.3, -0.25) is 9.59 Å². The quantitative estimate of drug-likeness (QED) is 0.719. The standard InChI is InChI=1S/C21H18O5/c1-10-8-13-15(14(22)9-10)21(26-3)17-16(20(13)25-2)18(23)11-6-4-5-7-12(11)19(17)24/h4-7,14,22H,1,8-9H2,2-3H3/t14-/m0/s1. The number of fused-ring (bicyclic) bond motifs is 3. The molecule has 132 valence electrons. The van der Waals surface area contributed by atoms with E-state index in [0.29, 0.717) is 40.8 Å². The number of carbonyl (C=O) groups excluding carboxylic acids is 2. The van der Waals surface area contributed by atoms with Crippen LogP contribution in [0.25, 0.3) is 0 Å². The zero-order valence-corrected chi connectivity index (χ0v) is 14.6. The van der Waals surface area contributed by atoms with Crippen LogP contribution >= 0.6 is 0 Å². The van der Waals surface area contributed by atoms with E-state index < -0.39 is 6.10 Å². The van der Waals surface area contributed by atoms with E-state index in [9.17, 15) is 14.7 Å². The van der Waals surface area contributed by atoms with Gasteiger partial charge in [0.25, 0.3) is 0 Å². The topological polar surface area (TPSA) is 72.8 Å². The summed E-state index contributed by atoms with van der Waals surface area (Å²) in [4.78, 5) is 26.3. The average molecular weight is 350 g/mol.